The molecule has 3 aromatic carbocycles. The van der Waals surface area contributed by atoms with E-state index in [1.54, 1.807) is 0 Å². The fourth-order valence-corrected chi connectivity index (χ4v) is 3.89. The smallest absolute Gasteiger partial charge is 0.258 e. The van der Waals surface area contributed by atoms with Crippen LogP contribution in [0.2, 0.25) is 0 Å². The molecule has 0 aromatic heterocycles. The number of ether oxygens (including phenoxy) is 2. The van der Waals surface area contributed by atoms with Gasteiger partial charge >= 0.3 is 0 Å². The van der Waals surface area contributed by atoms with Crippen molar-refractivity contribution >= 4 is 28.6 Å². The zero-order chi connectivity index (χ0) is 21.4. The standard InChI is InChI=1S/C25H23N3O3/c1-28(2)14-16-8-10-18(11-9-16)26-24(17-6-4-3-5-7-17)23-19-12-21-22(31-15-30-21)13-20(19)27-25(23)29/h3-13,26H,14-15H2,1-2H3,(H,27,29)/b24-23-. The van der Waals surface area contributed by atoms with E-state index >= 15 is 0 Å². The first-order valence-electron chi connectivity index (χ1n) is 10.1. The zero-order valence-electron chi connectivity index (χ0n) is 17.4. The Hall–Kier alpha value is -3.77. The number of anilines is 2. The number of hydrogen-bond donors (Lipinski definition) is 2. The molecule has 0 saturated carbocycles. The average Bonchev–Trinajstić information content (AvgIpc) is 3.34. The molecule has 0 saturated heterocycles. The lowest BCUT2D eigenvalue weighted by atomic mass is 9.99. The van der Waals surface area contributed by atoms with Crippen LogP contribution >= 0.6 is 0 Å². The first kappa shape index (κ1) is 19.2. The number of amides is 1. The van der Waals surface area contributed by atoms with Crippen LogP contribution in [0.15, 0.2) is 66.7 Å². The van der Waals surface area contributed by atoms with Crippen molar-refractivity contribution in [3.63, 3.8) is 0 Å². The van der Waals surface area contributed by atoms with Crippen LogP contribution in [0.1, 0.15) is 16.7 Å². The van der Waals surface area contributed by atoms with E-state index in [0.29, 0.717) is 17.1 Å². The molecular formula is C25H23N3O3. The molecule has 5 rings (SSSR count). The summed E-state index contributed by atoms with van der Waals surface area (Å²) in [7, 11) is 4.09. The molecular weight excluding hydrogens is 390 g/mol. The summed E-state index contributed by atoms with van der Waals surface area (Å²) in [5.74, 6) is 1.13. The van der Waals surface area contributed by atoms with E-state index in [0.717, 1.165) is 34.7 Å². The van der Waals surface area contributed by atoms with E-state index in [9.17, 15) is 4.79 Å². The van der Waals surface area contributed by atoms with Crippen LogP contribution < -0.4 is 20.1 Å². The number of hydrogen-bond acceptors (Lipinski definition) is 5. The van der Waals surface area contributed by atoms with Crippen LogP contribution in [0.3, 0.4) is 0 Å². The van der Waals surface area contributed by atoms with Crippen molar-refractivity contribution < 1.29 is 14.3 Å². The van der Waals surface area contributed by atoms with Crippen LogP contribution in [-0.4, -0.2) is 31.7 Å². The van der Waals surface area contributed by atoms with Gasteiger partial charge < -0.3 is 25.0 Å². The summed E-state index contributed by atoms with van der Waals surface area (Å²) >= 11 is 0. The lowest BCUT2D eigenvalue weighted by molar-refractivity contribution is -0.110. The molecule has 0 bridgehead atoms. The molecule has 0 unspecified atom stereocenters. The molecule has 0 atom stereocenters. The van der Waals surface area contributed by atoms with Crippen LogP contribution in [0, 0.1) is 0 Å². The second-order valence-corrected chi connectivity index (χ2v) is 7.88. The number of carbonyl (C=O) groups is 1. The third-order valence-corrected chi connectivity index (χ3v) is 5.29. The lowest BCUT2D eigenvalue weighted by Crippen LogP contribution is -2.11. The largest absolute Gasteiger partial charge is 0.454 e. The van der Waals surface area contributed by atoms with Gasteiger partial charge in [0.2, 0.25) is 6.79 Å². The summed E-state index contributed by atoms with van der Waals surface area (Å²) in [6.07, 6.45) is 0. The fourth-order valence-electron chi connectivity index (χ4n) is 3.89. The minimum Gasteiger partial charge on any atom is -0.454 e. The van der Waals surface area contributed by atoms with E-state index in [2.05, 4.69) is 27.7 Å². The lowest BCUT2D eigenvalue weighted by Gasteiger charge is -2.16. The third-order valence-electron chi connectivity index (χ3n) is 5.29. The summed E-state index contributed by atoms with van der Waals surface area (Å²) in [4.78, 5) is 15.2. The van der Waals surface area contributed by atoms with Gasteiger partial charge in [-0.2, -0.15) is 0 Å². The third kappa shape index (κ3) is 3.73. The number of carbonyl (C=O) groups excluding carboxylic acids is 1. The van der Waals surface area contributed by atoms with Crippen LogP contribution in [-0.2, 0) is 11.3 Å². The van der Waals surface area contributed by atoms with Gasteiger partial charge in [0, 0.05) is 23.9 Å². The Kier molecular flexibility index (Phi) is 4.84. The molecule has 156 valence electrons. The van der Waals surface area contributed by atoms with Crippen molar-refractivity contribution in [1.29, 1.82) is 0 Å². The quantitative estimate of drug-likeness (QED) is 0.607. The highest BCUT2D eigenvalue weighted by molar-refractivity contribution is 6.37. The molecule has 1 amide bonds. The van der Waals surface area contributed by atoms with Crippen LogP contribution in [0.5, 0.6) is 11.5 Å². The summed E-state index contributed by atoms with van der Waals surface area (Å²) < 4.78 is 11.0. The Bertz CT molecular complexity index is 1170. The molecule has 31 heavy (non-hydrogen) atoms. The van der Waals surface area contributed by atoms with Gasteiger partial charge in [-0.1, -0.05) is 42.5 Å². The van der Waals surface area contributed by atoms with Gasteiger partial charge in [0.05, 0.1) is 17.0 Å². The van der Waals surface area contributed by atoms with Gasteiger partial charge in [0.25, 0.3) is 5.91 Å². The van der Waals surface area contributed by atoms with Gasteiger partial charge in [-0.3, -0.25) is 4.79 Å². The molecule has 6 heteroatoms. The first-order valence-corrected chi connectivity index (χ1v) is 10.1. The minimum atomic E-state index is -0.158. The maximum absolute atomic E-state index is 13.0. The highest BCUT2D eigenvalue weighted by atomic mass is 16.7. The topological polar surface area (TPSA) is 62.8 Å². The Morgan fingerprint density at radius 1 is 1.00 bits per heavy atom. The Morgan fingerprint density at radius 2 is 1.71 bits per heavy atom. The highest BCUT2D eigenvalue weighted by Gasteiger charge is 2.31. The van der Waals surface area contributed by atoms with Gasteiger partial charge in [-0.05, 0) is 43.4 Å². The van der Waals surface area contributed by atoms with E-state index in [4.69, 9.17) is 9.47 Å². The van der Waals surface area contributed by atoms with Crippen molar-refractivity contribution in [3.05, 3.63) is 83.4 Å². The molecule has 0 fully saturated rings. The predicted molar refractivity (Wildman–Crippen MR) is 122 cm³/mol. The Balaban J connectivity index is 1.59. The molecule has 3 aromatic rings. The van der Waals surface area contributed by atoms with E-state index in [1.807, 2.05) is 68.7 Å². The minimum absolute atomic E-state index is 0.158. The number of fused-ring (bicyclic) bond motifs is 2. The zero-order valence-corrected chi connectivity index (χ0v) is 17.4. The second kappa shape index (κ2) is 7.81. The van der Waals surface area contributed by atoms with Crippen molar-refractivity contribution in [1.82, 2.24) is 4.90 Å². The second-order valence-electron chi connectivity index (χ2n) is 7.88. The van der Waals surface area contributed by atoms with Gasteiger partial charge in [-0.15, -0.1) is 0 Å². The van der Waals surface area contributed by atoms with E-state index in [-0.39, 0.29) is 12.7 Å². The summed E-state index contributed by atoms with van der Waals surface area (Å²) in [6.45, 7) is 1.06. The van der Waals surface area contributed by atoms with Gasteiger partial charge in [0.15, 0.2) is 11.5 Å². The molecule has 2 aliphatic rings. The van der Waals surface area contributed by atoms with Gasteiger partial charge in [-0.25, -0.2) is 0 Å². The molecule has 0 aliphatic carbocycles. The highest BCUT2D eigenvalue weighted by Crippen LogP contribution is 2.44. The molecule has 6 nitrogen and oxygen atoms in total. The van der Waals surface area contributed by atoms with Crippen molar-refractivity contribution in [3.8, 4) is 11.5 Å². The predicted octanol–water partition coefficient (Wildman–Crippen LogP) is 4.41. The van der Waals surface area contributed by atoms with E-state index in [1.165, 1.54) is 5.56 Å². The van der Waals surface area contributed by atoms with Crippen LogP contribution in [0.4, 0.5) is 11.4 Å². The Labute approximate surface area is 181 Å². The average molecular weight is 413 g/mol. The van der Waals surface area contributed by atoms with Crippen molar-refractivity contribution in [2.24, 2.45) is 0 Å². The number of benzene rings is 3. The summed E-state index contributed by atoms with van der Waals surface area (Å²) in [5.41, 5.74) is 5.91. The normalized spacial score (nSPS) is 15.6. The van der Waals surface area contributed by atoms with Crippen LogP contribution in [0.25, 0.3) is 11.3 Å². The number of rotatable bonds is 5. The van der Waals surface area contributed by atoms with Crippen molar-refractivity contribution in [2.75, 3.05) is 31.5 Å². The molecule has 2 aliphatic heterocycles. The summed E-state index contributed by atoms with van der Waals surface area (Å²) in [5, 5.41) is 6.46. The first-order chi connectivity index (χ1) is 15.1. The molecule has 0 spiro atoms. The van der Waals surface area contributed by atoms with Gasteiger partial charge in [0.1, 0.15) is 0 Å². The Morgan fingerprint density at radius 3 is 2.42 bits per heavy atom. The monoisotopic (exact) mass is 413 g/mol. The molecule has 2 N–H and O–H groups in total. The SMILES string of the molecule is CN(C)Cc1ccc(N/C(=C2\C(=O)Nc3cc4c(cc32)OCO4)c2ccccc2)cc1. The fraction of sp³-hybridized carbons (Fsp3) is 0.160. The van der Waals surface area contributed by atoms with Crippen molar-refractivity contribution in [2.45, 2.75) is 6.54 Å². The number of nitrogens with one attached hydrogen (secondary N) is 2. The maximum Gasteiger partial charge on any atom is 0.258 e. The number of nitrogens with zero attached hydrogens (tertiary/aromatic N) is 1. The molecule has 2 heterocycles. The summed E-state index contributed by atoms with van der Waals surface area (Å²) in [6, 6.07) is 21.8. The molecule has 0 radical (unpaired) electrons. The maximum atomic E-state index is 13.0. The van der Waals surface area contributed by atoms with E-state index < -0.39 is 0 Å².